The number of carbonyl (C=O) groups is 1. The van der Waals surface area contributed by atoms with Crippen molar-refractivity contribution < 1.29 is 9.90 Å². The fourth-order valence-corrected chi connectivity index (χ4v) is 3.97. The van der Waals surface area contributed by atoms with Gasteiger partial charge in [0.05, 0.1) is 5.92 Å². The van der Waals surface area contributed by atoms with Crippen LogP contribution >= 0.6 is 11.3 Å². The van der Waals surface area contributed by atoms with Gasteiger partial charge in [0.2, 0.25) is 0 Å². The van der Waals surface area contributed by atoms with Crippen LogP contribution in [0.15, 0.2) is 6.07 Å². The van der Waals surface area contributed by atoms with Crippen LogP contribution in [0.25, 0.3) is 0 Å². The Kier molecular flexibility index (Phi) is 4.99. The highest BCUT2D eigenvalue weighted by Crippen LogP contribution is 2.30. The fourth-order valence-electron chi connectivity index (χ4n) is 3.03. The number of rotatable bonds is 5. The average molecular weight is 281 g/mol. The molecule has 1 heterocycles. The summed E-state index contributed by atoms with van der Waals surface area (Å²) >= 11 is 1.83. The first kappa shape index (κ1) is 14.5. The molecule has 2 atom stereocenters. The number of nitrogens with one attached hydrogen (secondary N) is 1. The number of carboxylic acids is 1. The Hall–Kier alpha value is -0.870. The average Bonchev–Trinajstić information content (AvgIpc) is 2.68. The van der Waals surface area contributed by atoms with Gasteiger partial charge in [0.15, 0.2) is 0 Å². The first-order chi connectivity index (χ1) is 9.08. The number of hydrogen-bond acceptors (Lipinski definition) is 3. The Morgan fingerprint density at radius 2 is 2.16 bits per heavy atom. The maximum Gasteiger partial charge on any atom is 0.306 e. The molecule has 2 N–H and O–H groups in total. The third kappa shape index (κ3) is 3.80. The second-order valence-corrected chi connectivity index (χ2v) is 7.02. The highest BCUT2D eigenvalue weighted by molar-refractivity contribution is 7.12. The molecule has 0 amide bonds. The maximum absolute atomic E-state index is 11.2. The summed E-state index contributed by atoms with van der Waals surface area (Å²) in [5.41, 5.74) is 1.35. The predicted octanol–water partition coefficient (Wildman–Crippen LogP) is 3.35. The van der Waals surface area contributed by atoms with E-state index in [4.69, 9.17) is 0 Å². The number of carboxylic acid groups (broad SMARTS) is 1. The SMILES string of the molecule is Cc1cc(CNCC2CCCCC2C(=O)O)c(C)s1. The molecular formula is C15H23NO2S. The topological polar surface area (TPSA) is 49.3 Å². The van der Waals surface area contributed by atoms with Crippen molar-refractivity contribution in [2.75, 3.05) is 6.54 Å². The summed E-state index contributed by atoms with van der Waals surface area (Å²) in [7, 11) is 0. The van der Waals surface area contributed by atoms with E-state index in [0.717, 1.165) is 32.4 Å². The molecule has 1 fully saturated rings. The molecule has 4 heteroatoms. The molecule has 19 heavy (non-hydrogen) atoms. The van der Waals surface area contributed by atoms with E-state index in [0.29, 0.717) is 5.92 Å². The minimum absolute atomic E-state index is 0.147. The summed E-state index contributed by atoms with van der Waals surface area (Å²) in [6.07, 6.45) is 4.13. The normalized spacial score (nSPS) is 23.5. The van der Waals surface area contributed by atoms with Crippen molar-refractivity contribution in [2.45, 2.75) is 46.1 Å². The molecule has 3 nitrogen and oxygen atoms in total. The van der Waals surface area contributed by atoms with Gasteiger partial charge < -0.3 is 10.4 Å². The number of aryl methyl sites for hydroxylation is 2. The van der Waals surface area contributed by atoms with E-state index in [9.17, 15) is 9.90 Å². The largest absolute Gasteiger partial charge is 0.481 e. The Morgan fingerprint density at radius 1 is 1.42 bits per heavy atom. The standard InChI is InChI=1S/C15H23NO2S/c1-10-7-13(11(2)19-10)9-16-8-12-5-3-4-6-14(12)15(17)18/h7,12,14,16H,3-6,8-9H2,1-2H3,(H,17,18). The van der Waals surface area contributed by atoms with Crippen LogP contribution in [0.1, 0.15) is 41.0 Å². The number of hydrogen-bond donors (Lipinski definition) is 2. The van der Waals surface area contributed by atoms with E-state index in [2.05, 4.69) is 25.2 Å². The molecule has 0 aliphatic heterocycles. The van der Waals surface area contributed by atoms with Crippen molar-refractivity contribution in [3.8, 4) is 0 Å². The van der Waals surface area contributed by atoms with Gasteiger partial charge in [-0.2, -0.15) is 0 Å². The lowest BCUT2D eigenvalue weighted by Gasteiger charge is -2.28. The zero-order chi connectivity index (χ0) is 13.8. The molecular weight excluding hydrogens is 258 g/mol. The van der Waals surface area contributed by atoms with E-state index >= 15 is 0 Å². The van der Waals surface area contributed by atoms with Gasteiger partial charge in [0.1, 0.15) is 0 Å². The lowest BCUT2D eigenvalue weighted by molar-refractivity contribution is -0.144. The van der Waals surface area contributed by atoms with Gasteiger partial charge in [-0.3, -0.25) is 4.79 Å². The van der Waals surface area contributed by atoms with Crippen molar-refractivity contribution in [2.24, 2.45) is 11.8 Å². The highest BCUT2D eigenvalue weighted by atomic mass is 32.1. The van der Waals surface area contributed by atoms with Crippen LogP contribution in [0.5, 0.6) is 0 Å². The van der Waals surface area contributed by atoms with Gasteiger partial charge in [0, 0.05) is 16.3 Å². The first-order valence-corrected chi connectivity index (χ1v) is 7.89. The van der Waals surface area contributed by atoms with Crippen LogP contribution in [0.3, 0.4) is 0 Å². The molecule has 1 aliphatic carbocycles. The van der Waals surface area contributed by atoms with Gasteiger partial charge in [-0.25, -0.2) is 0 Å². The minimum Gasteiger partial charge on any atom is -0.481 e. The third-order valence-corrected chi connectivity index (χ3v) is 5.10. The summed E-state index contributed by atoms with van der Waals surface area (Å²) in [5, 5.41) is 12.7. The third-order valence-electron chi connectivity index (χ3n) is 4.09. The molecule has 0 aromatic carbocycles. The molecule has 0 saturated heterocycles. The Morgan fingerprint density at radius 3 is 2.79 bits per heavy atom. The minimum atomic E-state index is -0.617. The smallest absolute Gasteiger partial charge is 0.306 e. The van der Waals surface area contributed by atoms with Crippen LogP contribution in [-0.4, -0.2) is 17.6 Å². The van der Waals surface area contributed by atoms with Crippen molar-refractivity contribution in [1.82, 2.24) is 5.32 Å². The predicted molar refractivity (Wildman–Crippen MR) is 78.6 cm³/mol. The lowest BCUT2D eigenvalue weighted by Crippen LogP contribution is -2.34. The quantitative estimate of drug-likeness (QED) is 0.870. The summed E-state index contributed by atoms with van der Waals surface area (Å²) < 4.78 is 0. The lowest BCUT2D eigenvalue weighted by atomic mass is 9.79. The van der Waals surface area contributed by atoms with E-state index in [1.165, 1.54) is 21.7 Å². The Balaban J connectivity index is 1.84. The molecule has 1 saturated carbocycles. The second-order valence-electron chi connectivity index (χ2n) is 5.56. The number of aliphatic carboxylic acids is 1. The zero-order valence-electron chi connectivity index (χ0n) is 11.7. The van der Waals surface area contributed by atoms with Crippen LogP contribution in [0.2, 0.25) is 0 Å². The summed E-state index contributed by atoms with van der Waals surface area (Å²) in [5.74, 6) is -0.466. The molecule has 1 aliphatic rings. The Labute approximate surface area is 119 Å². The van der Waals surface area contributed by atoms with E-state index in [1.807, 2.05) is 11.3 Å². The van der Waals surface area contributed by atoms with Crippen LogP contribution in [0, 0.1) is 25.7 Å². The van der Waals surface area contributed by atoms with E-state index in [1.54, 1.807) is 0 Å². The van der Waals surface area contributed by atoms with Crippen molar-refractivity contribution >= 4 is 17.3 Å². The molecule has 2 unspecified atom stereocenters. The second kappa shape index (κ2) is 6.53. The zero-order valence-corrected chi connectivity index (χ0v) is 12.6. The summed E-state index contributed by atoms with van der Waals surface area (Å²) in [6, 6.07) is 2.22. The van der Waals surface area contributed by atoms with Gasteiger partial charge in [-0.05, 0) is 50.8 Å². The maximum atomic E-state index is 11.2. The fraction of sp³-hybridized carbons (Fsp3) is 0.667. The van der Waals surface area contributed by atoms with Crippen LogP contribution in [0.4, 0.5) is 0 Å². The van der Waals surface area contributed by atoms with Crippen molar-refractivity contribution in [3.05, 3.63) is 21.4 Å². The van der Waals surface area contributed by atoms with E-state index < -0.39 is 5.97 Å². The monoisotopic (exact) mass is 281 g/mol. The summed E-state index contributed by atoms with van der Waals surface area (Å²) in [6.45, 7) is 5.96. The van der Waals surface area contributed by atoms with Crippen LogP contribution in [-0.2, 0) is 11.3 Å². The molecule has 1 aromatic rings. The highest BCUT2D eigenvalue weighted by Gasteiger charge is 2.30. The molecule has 106 valence electrons. The van der Waals surface area contributed by atoms with Gasteiger partial charge in [-0.15, -0.1) is 11.3 Å². The molecule has 0 bridgehead atoms. The van der Waals surface area contributed by atoms with Crippen molar-refractivity contribution in [1.29, 1.82) is 0 Å². The molecule has 0 spiro atoms. The number of thiophene rings is 1. The van der Waals surface area contributed by atoms with E-state index in [-0.39, 0.29) is 5.92 Å². The molecule has 2 rings (SSSR count). The van der Waals surface area contributed by atoms with Gasteiger partial charge in [0.25, 0.3) is 0 Å². The Bertz CT molecular complexity index is 441. The van der Waals surface area contributed by atoms with Gasteiger partial charge in [-0.1, -0.05) is 12.8 Å². The molecule has 0 radical (unpaired) electrons. The first-order valence-electron chi connectivity index (χ1n) is 7.07. The van der Waals surface area contributed by atoms with Crippen molar-refractivity contribution in [3.63, 3.8) is 0 Å². The van der Waals surface area contributed by atoms with Gasteiger partial charge >= 0.3 is 5.97 Å². The van der Waals surface area contributed by atoms with Crippen LogP contribution < -0.4 is 5.32 Å². The molecule has 1 aromatic heterocycles. The summed E-state index contributed by atoms with van der Waals surface area (Å²) in [4.78, 5) is 13.9.